The van der Waals surface area contributed by atoms with Crippen LogP contribution in [0.4, 0.5) is 13.2 Å². The number of carbonyl (C=O) groups excluding carboxylic acids is 1. The zero-order chi connectivity index (χ0) is 19.6. The maximum Gasteiger partial charge on any atom is 0.241 e. The highest BCUT2D eigenvalue weighted by molar-refractivity contribution is 8.15. The number of benzene rings is 2. The molecular weight excluding hydrogens is 375 g/mol. The molecule has 1 aliphatic rings. The first-order valence-corrected chi connectivity index (χ1v) is 9.19. The third kappa shape index (κ3) is 3.72. The highest BCUT2D eigenvalue weighted by Crippen LogP contribution is 2.50. The van der Waals surface area contributed by atoms with Crippen LogP contribution in [0.25, 0.3) is 0 Å². The van der Waals surface area contributed by atoms with Gasteiger partial charge in [0.15, 0.2) is 0 Å². The minimum absolute atomic E-state index is 0.0442. The molecular formula is C19H18F3N3OS. The summed E-state index contributed by atoms with van der Waals surface area (Å²) in [5.41, 5.74) is 6.11. The van der Waals surface area contributed by atoms with Crippen LogP contribution in [0.3, 0.4) is 0 Å². The van der Waals surface area contributed by atoms with Crippen molar-refractivity contribution in [1.82, 2.24) is 5.01 Å². The van der Waals surface area contributed by atoms with Gasteiger partial charge in [-0.05, 0) is 55.3 Å². The van der Waals surface area contributed by atoms with E-state index in [1.165, 1.54) is 30.1 Å². The molecule has 2 aromatic rings. The van der Waals surface area contributed by atoms with Gasteiger partial charge in [0.1, 0.15) is 27.4 Å². The van der Waals surface area contributed by atoms with E-state index >= 15 is 0 Å². The van der Waals surface area contributed by atoms with Gasteiger partial charge in [-0.3, -0.25) is 4.79 Å². The van der Waals surface area contributed by atoms with E-state index < -0.39 is 28.2 Å². The number of amides is 1. The minimum atomic E-state index is -1.08. The molecule has 0 bridgehead atoms. The van der Waals surface area contributed by atoms with E-state index in [1.807, 2.05) is 0 Å². The summed E-state index contributed by atoms with van der Waals surface area (Å²) in [5.74, 6) is -2.13. The number of rotatable bonds is 5. The SMILES string of the molecule is CC(=O)N1N=C(c2cc(F)ccc2F)SC1(CCCN)c1cccc(F)c1. The van der Waals surface area contributed by atoms with Crippen molar-refractivity contribution in [2.45, 2.75) is 24.6 Å². The van der Waals surface area contributed by atoms with E-state index in [4.69, 9.17) is 5.73 Å². The molecule has 2 aromatic carbocycles. The molecule has 0 aromatic heterocycles. The number of thioether (sulfide) groups is 1. The summed E-state index contributed by atoms with van der Waals surface area (Å²) in [5, 5.41) is 5.63. The lowest BCUT2D eigenvalue weighted by Crippen LogP contribution is -2.40. The molecule has 0 fully saturated rings. The Morgan fingerprint density at radius 1 is 1.19 bits per heavy atom. The second kappa shape index (κ2) is 7.74. The van der Waals surface area contributed by atoms with Crippen molar-refractivity contribution in [3.8, 4) is 0 Å². The summed E-state index contributed by atoms with van der Waals surface area (Å²) in [4.78, 5) is 11.2. The Bertz CT molecular complexity index is 906. The zero-order valence-electron chi connectivity index (χ0n) is 14.6. The Morgan fingerprint density at radius 2 is 1.93 bits per heavy atom. The number of halogens is 3. The molecule has 142 valence electrons. The molecule has 0 saturated heterocycles. The van der Waals surface area contributed by atoms with Crippen molar-refractivity contribution in [2.75, 3.05) is 6.54 Å². The summed E-state index contributed by atoms with van der Waals surface area (Å²) in [6.45, 7) is 1.68. The van der Waals surface area contributed by atoms with Crippen LogP contribution in [0.2, 0.25) is 0 Å². The predicted octanol–water partition coefficient (Wildman–Crippen LogP) is 3.95. The van der Waals surface area contributed by atoms with Crippen LogP contribution in [0.5, 0.6) is 0 Å². The van der Waals surface area contributed by atoms with Gasteiger partial charge in [0.2, 0.25) is 5.91 Å². The van der Waals surface area contributed by atoms with Gasteiger partial charge in [-0.15, -0.1) is 0 Å². The molecule has 4 nitrogen and oxygen atoms in total. The molecule has 2 N–H and O–H groups in total. The van der Waals surface area contributed by atoms with Crippen molar-refractivity contribution in [3.63, 3.8) is 0 Å². The Kier molecular flexibility index (Phi) is 5.57. The van der Waals surface area contributed by atoms with Gasteiger partial charge in [0, 0.05) is 12.5 Å². The van der Waals surface area contributed by atoms with Crippen molar-refractivity contribution in [2.24, 2.45) is 10.8 Å². The summed E-state index contributed by atoms with van der Waals surface area (Å²) in [6.07, 6.45) is 0.906. The molecule has 1 aliphatic heterocycles. The lowest BCUT2D eigenvalue weighted by Gasteiger charge is -2.35. The molecule has 1 atom stereocenters. The summed E-state index contributed by atoms with van der Waals surface area (Å²) < 4.78 is 41.8. The second-order valence-electron chi connectivity index (χ2n) is 6.15. The largest absolute Gasteiger partial charge is 0.330 e. The molecule has 1 heterocycles. The Hall–Kier alpha value is -2.32. The maximum absolute atomic E-state index is 14.3. The number of nitrogens with two attached hydrogens (primary N) is 1. The van der Waals surface area contributed by atoms with Gasteiger partial charge < -0.3 is 5.73 Å². The molecule has 0 aliphatic carbocycles. The quantitative estimate of drug-likeness (QED) is 0.837. The molecule has 8 heteroatoms. The number of nitrogens with zero attached hydrogens (tertiary/aromatic N) is 2. The van der Waals surface area contributed by atoms with Gasteiger partial charge in [0.25, 0.3) is 0 Å². The van der Waals surface area contributed by atoms with Crippen LogP contribution in [-0.4, -0.2) is 22.5 Å². The highest BCUT2D eigenvalue weighted by Gasteiger charge is 2.47. The molecule has 27 heavy (non-hydrogen) atoms. The third-order valence-electron chi connectivity index (χ3n) is 4.25. The molecule has 1 unspecified atom stereocenters. The lowest BCUT2D eigenvalue weighted by molar-refractivity contribution is -0.132. The lowest BCUT2D eigenvalue weighted by atomic mass is 10.00. The molecule has 0 saturated carbocycles. The summed E-state index contributed by atoms with van der Waals surface area (Å²) >= 11 is 1.10. The number of hydrazone groups is 1. The molecule has 0 spiro atoms. The third-order valence-corrected chi connectivity index (χ3v) is 5.70. The van der Waals surface area contributed by atoms with E-state index in [-0.39, 0.29) is 10.6 Å². The molecule has 3 rings (SSSR count). The van der Waals surface area contributed by atoms with Gasteiger partial charge >= 0.3 is 0 Å². The Balaban J connectivity index is 2.13. The highest BCUT2D eigenvalue weighted by atomic mass is 32.2. The van der Waals surface area contributed by atoms with E-state index in [0.29, 0.717) is 24.9 Å². The van der Waals surface area contributed by atoms with Gasteiger partial charge in [-0.1, -0.05) is 23.9 Å². The number of carbonyl (C=O) groups is 1. The van der Waals surface area contributed by atoms with Crippen molar-refractivity contribution in [3.05, 3.63) is 71.0 Å². The molecule has 0 radical (unpaired) electrons. The monoisotopic (exact) mass is 393 g/mol. The minimum Gasteiger partial charge on any atom is -0.330 e. The average molecular weight is 393 g/mol. The maximum atomic E-state index is 14.3. The van der Waals surface area contributed by atoms with Crippen LogP contribution in [0, 0.1) is 17.5 Å². The van der Waals surface area contributed by atoms with Gasteiger partial charge in [-0.2, -0.15) is 5.10 Å². The van der Waals surface area contributed by atoms with E-state index in [1.54, 1.807) is 6.07 Å². The van der Waals surface area contributed by atoms with Crippen LogP contribution < -0.4 is 5.73 Å². The Labute approximate surface area is 159 Å². The zero-order valence-corrected chi connectivity index (χ0v) is 15.4. The fourth-order valence-electron chi connectivity index (χ4n) is 3.05. The summed E-state index contributed by atoms with van der Waals surface area (Å²) in [7, 11) is 0. The van der Waals surface area contributed by atoms with Crippen LogP contribution in [0.15, 0.2) is 47.6 Å². The van der Waals surface area contributed by atoms with Crippen molar-refractivity contribution >= 4 is 22.7 Å². The topological polar surface area (TPSA) is 58.7 Å². The fourth-order valence-corrected chi connectivity index (χ4v) is 4.50. The molecule has 1 amide bonds. The summed E-state index contributed by atoms with van der Waals surface area (Å²) in [6, 6.07) is 8.89. The standard InChI is InChI=1S/C19H18F3N3OS/c1-12(26)25-19(8-3-9-23,13-4-2-5-14(20)10-13)27-18(24-25)16-11-15(21)6-7-17(16)22/h2,4-7,10-11H,3,8-9,23H2,1H3. The van der Waals surface area contributed by atoms with Crippen LogP contribution in [0.1, 0.15) is 30.9 Å². The van der Waals surface area contributed by atoms with E-state index in [0.717, 1.165) is 30.0 Å². The van der Waals surface area contributed by atoms with Crippen molar-refractivity contribution < 1.29 is 18.0 Å². The van der Waals surface area contributed by atoms with Crippen LogP contribution in [-0.2, 0) is 9.67 Å². The number of hydrogen-bond donors (Lipinski definition) is 1. The predicted molar refractivity (Wildman–Crippen MR) is 99.4 cm³/mol. The van der Waals surface area contributed by atoms with Gasteiger partial charge in [-0.25, -0.2) is 18.2 Å². The average Bonchev–Trinajstić information content (AvgIpc) is 3.03. The first-order valence-electron chi connectivity index (χ1n) is 8.37. The van der Waals surface area contributed by atoms with E-state index in [2.05, 4.69) is 5.10 Å². The smallest absolute Gasteiger partial charge is 0.241 e. The first kappa shape index (κ1) is 19.4. The van der Waals surface area contributed by atoms with Gasteiger partial charge in [0.05, 0.1) is 0 Å². The fraction of sp³-hybridized carbons (Fsp3) is 0.263. The Morgan fingerprint density at radius 3 is 2.59 bits per heavy atom. The first-order chi connectivity index (χ1) is 12.9. The second-order valence-corrected chi connectivity index (χ2v) is 7.42. The van der Waals surface area contributed by atoms with Crippen molar-refractivity contribution in [1.29, 1.82) is 0 Å². The van der Waals surface area contributed by atoms with E-state index in [9.17, 15) is 18.0 Å². The van der Waals surface area contributed by atoms with Crippen LogP contribution >= 0.6 is 11.8 Å². The normalized spacial score (nSPS) is 19.3. The number of hydrogen-bond acceptors (Lipinski definition) is 4.